The van der Waals surface area contributed by atoms with Gasteiger partial charge in [0.05, 0.1) is 0 Å². The van der Waals surface area contributed by atoms with E-state index in [-0.39, 0.29) is 0 Å². The lowest BCUT2D eigenvalue weighted by Gasteiger charge is -2.36. The number of amides is 2. The quantitative estimate of drug-likeness (QED) is 0.690. The molecule has 0 unspecified atom stereocenters. The summed E-state index contributed by atoms with van der Waals surface area (Å²) in [7, 11) is 0. The summed E-state index contributed by atoms with van der Waals surface area (Å²) in [6, 6.07) is 8.86. The maximum Gasteiger partial charge on any atom is 0.312 e. The van der Waals surface area contributed by atoms with Crippen LogP contribution in [0.15, 0.2) is 24.3 Å². The molecule has 4 N–H and O–H groups in total. The molecule has 0 saturated heterocycles. The highest BCUT2D eigenvalue weighted by Crippen LogP contribution is 2.36. The molecule has 98 valence electrons. The normalized spacial score (nSPS) is 22.3. The molecule has 0 radical (unpaired) electrons. The van der Waals surface area contributed by atoms with Crippen LogP contribution in [-0.4, -0.2) is 25.2 Å². The summed E-state index contributed by atoms with van der Waals surface area (Å²) in [6.45, 7) is 3.52. The fraction of sp³-hybridized carbons (Fsp3) is 0.500. The van der Waals surface area contributed by atoms with Gasteiger partial charge in [-0.1, -0.05) is 29.8 Å². The van der Waals surface area contributed by atoms with Crippen LogP contribution >= 0.6 is 0 Å². The van der Waals surface area contributed by atoms with Crippen LogP contribution < -0.4 is 16.4 Å². The van der Waals surface area contributed by atoms with Crippen molar-refractivity contribution in [1.82, 2.24) is 10.6 Å². The van der Waals surface area contributed by atoms with Crippen LogP contribution in [0.3, 0.4) is 0 Å². The Kier molecular flexibility index (Phi) is 4.20. The summed E-state index contributed by atoms with van der Waals surface area (Å²) in [5.74, 6) is 0.687. The molecule has 0 atom stereocenters. The SMILES string of the molecule is Cc1cccc(C2CC(NCCNC(N)=O)C2)c1. The number of carbonyl (C=O) groups excluding carboxylic acids is 1. The van der Waals surface area contributed by atoms with Crippen molar-refractivity contribution >= 4 is 6.03 Å². The van der Waals surface area contributed by atoms with Gasteiger partial charge in [0.2, 0.25) is 0 Å². The van der Waals surface area contributed by atoms with E-state index in [1.807, 2.05) is 0 Å². The van der Waals surface area contributed by atoms with Crippen molar-refractivity contribution in [3.63, 3.8) is 0 Å². The van der Waals surface area contributed by atoms with Gasteiger partial charge in [-0.3, -0.25) is 0 Å². The molecular weight excluding hydrogens is 226 g/mol. The number of nitrogens with two attached hydrogens (primary N) is 1. The zero-order valence-corrected chi connectivity index (χ0v) is 10.8. The van der Waals surface area contributed by atoms with Crippen molar-refractivity contribution in [2.45, 2.75) is 31.7 Å². The average molecular weight is 247 g/mol. The molecule has 4 heteroatoms. The Bertz CT molecular complexity index is 413. The van der Waals surface area contributed by atoms with Crippen LogP contribution in [0.5, 0.6) is 0 Å². The summed E-state index contributed by atoms with van der Waals surface area (Å²) >= 11 is 0. The lowest BCUT2D eigenvalue weighted by molar-refractivity contribution is 0.247. The van der Waals surface area contributed by atoms with Crippen LogP contribution in [-0.2, 0) is 0 Å². The van der Waals surface area contributed by atoms with Gasteiger partial charge in [0.15, 0.2) is 0 Å². The third-order valence-electron chi connectivity index (χ3n) is 3.51. The van der Waals surface area contributed by atoms with Crippen molar-refractivity contribution in [2.24, 2.45) is 5.73 Å². The number of rotatable bonds is 5. The summed E-state index contributed by atoms with van der Waals surface area (Å²) in [6.07, 6.45) is 2.36. The minimum Gasteiger partial charge on any atom is -0.352 e. The molecule has 0 heterocycles. The van der Waals surface area contributed by atoms with Gasteiger partial charge in [-0.05, 0) is 31.2 Å². The topological polar surface area (TPSA) is 67.2 Å². The fourth-order valence-electron chi connectivity index (χ4n) is 2.44. The Morgan fingerprint density at radius 1 is 1.39 bits per heavy atom. The second kappa shape index (κ2) is 5.87. The van der Waals surface area contributed by atoms with Gasteiger partial charge >= 0.3 is 6.03 Å². The smallest absolute Gasteiger partial charge is 0.312 e. The number of nitrogens with one attached hydrogen (secondary N) is 2. The van der Waals surface area contributed by atoms with Crippen LogP contribution in [0, 0.1) is 6.92 Å². The number of aryl methyl sites for hydroxylation is 1. The molecule has 2 amide bonds. The minimum absolute atomic E-state index is 0.456. The maximum absolute atomic E-state index is 10.5. The molecule has 1 aromatic carbocycles. The molecule has 2 rings (SSSR count). The molecule has 1 aliphatic rings. The third-order valence-corrected chi connectivity index (χ3v) is 3.51. The fourth-order valence-corrected chi connectivity index (χ4v) is 2.44. The second-order valence-electron chi connectivity index (χ2n) is 5.02. The highest BCUT2D eigenvalue weighted by atomic mass is 16.2. The van der Waals surface area contributed by atoms with E-state index in [0.717, 1.165) is 6.54 Å². The highest BCUT2D eigenvalue weighted by Gasteiger charge is 2.29. The maximum atomic E-state index is 10.5. The first kappa shape index (κ1) is 12.9. The van der Waals surface area contributed by atoms with Gasteiger partial charge in [-0.15, -0.1) is 0 Å². The summed E-state index contributed by atoms with van der Waals surface area (Å²) in [4.78, 5) is 10.5. The molecule has 0 spiro atoms. The van der Waals surface area contributed by atoms with Crippen LogP contribution in [0.2, 0.25) is 0 Å². The standard InChI is InChI=1S/C14H21N3O/c1-10-3-2-4-11(7-10)12-8-13(9-12)16-5-6-17-14(15)18/h2-4,7,12-13,16H,5-6,8-9H2,1H3,(H3,15,17,18). The van der Waals surface area contributed by atoms with E-state index in [2.05, 4.69) is 41.8 Å². The van der Waals surface area contributed by atoms with Crippen molar-refractivity contribution in [2.75, 3.05) is 13.1 Å². The predicted octanol–water partition coefficient (Wildman–Crippen LogP) is 1.50. The van der Waals surface area contributed by atoms with E-state index >= 15 is 0 Å². The zero-order valence-electron chi connectivity index (χ0n) is 10.8. The van der Waals surface area contributed by atoms with Gasteiger partial charge in [-0.2, -0.15) is 0 Å². The van der Waals surface area contributed by atoms with Crippen LogP contribution in [0.1, 0.15) is 29.9 Å². The van der Waals surface area contributed by atoms with Crippen molar-refractivity contribution in [3.8, 4) is 0 Å². The lowest BCUT2D eigenvalue weighted by atomic mass is 9.75. The summed E-state index contributed by atoms with van der Waals surface area (Å²) in [5, 5.41) is 5.99. The number of urea groups is 1. The molecule has 1 saturated carbocycles. The predicted molar refractivity (Wildman–Crippen MR) is 72.5 cm³/mol. The lowest BCUT2D eigenvalue weighted by Crippen LogP contribution is -2.44. The molecule has 1 aromatic rings. The molecule has 0 bridgehead atoms. The Morgan fingerprint density at radius 2 is 2.17 bits per heavy atom. The second-order valence-corrected chi connectivity index (χ2v) is 5.02. The first-order chi connectivity index (χ1) is 8.65. The molecule has 18 heavy (non-hydrogen) atoms. The van der Waals surface area contributed by atoms with Gasteiger partial charge in [0.1, 0.15) is 0 Å². The number of primary amides is 1. The Labute approximate surface area is 108 Å². The van der Waals surface area contributed by atoms with Crippen molar-refractivity contribution in [3.05, 3.63) is 35.4 Å². The first-order valence-electron chi connectivity index (χ1n) is 6.48. The monoisotopic (exact) mass is 247 g/mol. The van der Waals surface area contributed by atoms with Crippen molar-refractivity contribution in [1.29, 1.82) is 0 Å². The molecule has 0 aromatic heterocycles. The Hall–Kier alpha value is -1.55. The van der Waals surface area contributed by atoms with Gasteiger partial charge in [-0.25, -0.2) is 4.79 Å². The minimum atomic E-state index is -0.456. The number of carbonyl (C=O) groups is 1. The van der Waals surface area contributed by atoms with Gasteiger partial charge < -0.3 is 16.4 Å². The van der Waals surface area contributed by atoms with E-state index in [1.54, 1.807) is 0 Å². The number of hydrogen-bond donors (Lipinski definition) is 3. The zero-order chi connectivity index (χ0) is 13.0. The number of hydrogen-bond acceptors (Lipinski definition) is 2. The molecule has 4 nitrogen and oxygen atoms in total. The Morgan fingerprint density at radius 3 is 2.83 bits per heavy atom. The van der Waals surface area contributed by atoms with Crippen LogP contribution in [0.4, 0.5) is 4.79 Å². The third kappa shape index (κ3) is 3.47. The van der Waals surface area contributed by atoms with E-state index < -0.39 is 6.03 Å². The Balaban J connectivity index is 1.66. The first-order valence-corrected chi connectivity index (χ1v) is 6.48. The van der Waals surface area contributed by atoms with E-state index in [4.69, 9.17) is 5.73 Å². The molecular formula is C14H21N3O. The van der Waals surface area contributed by atoms with Gasteiger partial charge in [0.25, 0.3) is 0 Å². The highest BCUT2D eigenvalue weighted by molar-refractivity contribution is 5.71. The summed E-state index contributed by atoms with van der Waals surface area (Å²) < 4.78 is 0. The molecule has 1 fully saturated rings. The summed E-state index contributed by atoms with van der Waals surface area (Å²) in [5.41, 5.74) is 7.77. The van der Waals surface area contributed by atoms with Crippen LogP contribution in [0.25, 0.3) is 0 Å². The largest absolute Gasteiger partial charge is 0.352 e. The van der Waals surface area contributed by atoms with Crippen molar-refractivity contribution < 1.29 is 4.79 Å². The van der Waals surface area contributed by atoms with E-state index in [9.17, 15) is 4.79 Å². The van der Waals surface area contributed by atoms with E-state index in [0.29, 0.717) is 18.5 Å². The number of benzene rings is 1. The molecule has 1 aliphatic carbocycles. The van der Waals surface area contributed by atoms with Gasteiger partial charge in [0, 0.05) is 19.1 Å². The molecule has 0 aliphatic heterocycles. The van der Waals surface area contributed by atoms with E-state index in [1.165, 1.54) is 24.0 Å². The average Bonchev–Trinajstić information content (AvgIpc) is 2.25.